The van der Waals surface area contributed by atoms with Gasteiger partial charge in [-0.15, -0.1) is 0 Å². The van der Waals surface area contributed by atoms with Crippen molar-refractivity contribution < 1.29 is 9.53 Å². The molecule has 0 aliphatic carbocycles. The SMILES string of the molecule is C[C@H]1C[C@H](C)N(C)C2NCCC(N2)N2C(=O)NC3NCCC(O1)C32. The van der Waals surface area contributed by atoms with Crippen LogP contribution in [-0.2, 0) is 4.74 Å². The van der Waals surface area contributed by atoms with E-state index in [1.54, 1.807) is 0 Å². The van der Waals surface area contributed by atoms with Gasteiger partial charge in [0.25, 0.3) is 0 Å². The summed E-state index contributed by atoms with van der Waals surface area (Å²) in [6.45, 7) is 6.17. The largest absolute Gasteiger partial charge is 0.373 e. The molecule has 4 aliphatic heterocycles. The molecule has 0 spiro atoms. The maximum absolute atomic E-state index is 12.7. The van der Waals surface area contributed by atoms with Crippen molar-refractivity contribution in [1.29, 1.82) is 0 Å². The summed E-state index contributed by atoms with van der Waals surface area (Å²) in [6.07, 6.45) is 3.15. The first kappa shape index (κ1) is 16.5. The number of ether oxygens (including phenoxy) is 1. The Kier molecular flexibility index (Phi) is 4.42. The van der Waals surface area contributed by atoms with Crippen molar-refractivity contribution in [2.45, 2.75) is 76.0 Å². The van der Waals surface area contributed by atoms with Crippen molar-refractivity contribution in [3.05, 3.63) is 0 Å². The number of amides is 2. The Morgan fingerprint density at radius 2 is 1.96 bits per heavy atom. The highest BCUT2D eigenvalue weighted by Gasteiger charge is 2.50. The number of hydrogen-bond donors (Lipinski definition) is 4. The molecule has 24 heavy (non-hydrogen) atoms. The topological polar surface area (TPSA) is 80.9 Å². The quantitative estimate of drug-likeness (QED) is 0.472. The van der Waals surface area contributed by atoms with E-state index in [1.807, 2.05) is 4.90 Å². The van der Waals surface area contributed by atoms with E-state index < -0.39 is 0 Å². The second-order valence-corrected chi connectivity index (χ2v) is 7.63. The van der Waals surface area contributed by atoms with Gasteiger partial charge < -0.3 is 15.0 Å². The lowest BCUT2D eigenvalue weighted by Crippen LogP contribution is -2.68. The maximum Gasteiger partial charge on any atom is 0.320 e. The minimum Gasteiger partial charge on any atom is -0.373 e. The van der Waals surface area contributed by atoms with Crippen LogP contribution in [0.15, 0.2) is 0 Å². The number of nitrogens with one attached hydrogen (secondary N) is 4. The smallest absolute Gasteiger partial charge is 0.320 e. The Labute approximate surface area is 143 Å². The molecule has 4 N–H and O–H groups in total. The second kappa shape index (κ2) is 6.42. The highest BCUT2D eigenvalue weighted by molar-refractivity contribution is 5.78. The number of urea groups is 1. The van der Waals surface area contributed by atoms with Crippen LogP contribution in [-0.4, -0.2) is 78.9 Å². The molecule has 0 saturated carbocycles. The van der Waals surface area contributed by atoms with Crippen LogP contribution in [0.2, 0.25) is 0 Å². The fourth-order valence-electron chi connectivity index (χ4n) is 4.62. The third-order valence-corrected chi connectivity index (χ3v) is 5.97. The highest BCUT2D eigenvalue weighted by atomic mass is 16.5. The van der Waals surface area contributed by atoms with Gasteiger partial charge in [0.05, 0.1) is 24.4 Å². The monoisotopic (exact) mass is 338 g/mol. The summed E-state index contributed by atoms with van der Waals surface area (Å²) in [5, 5.41) is 13.7. The predicted molar refractivity (Wildman–Crippen MR) is 90.1 cm³/mol. The molecule has 7 atom stereocenters. The lowest BCUT2D eigenvalue weighted by atomic mass is 9.99. The molecule has 8 heteroatoms. The van der Waals surface area contributed by atoms with E-state index in [4.69, 9.17) is 4.74 Å². The van der Waals surface area contributed by atoms with Crippen LogP contribution in [0.1, 0.15) is 33.1 Å². The van der Waals surface area contributed by atoms with Crippen LogP contribution in [0, 0.1) is 0 Å². The van der Waals surface area contributed by atoms with Gasteiger partial charge in [-0.25, -0.2) is 4.79 Å². The van der Waals surface area contributed by atoms with E-state index in [0.29, 0.717) is 6.04 Å². The van der Waals surface area contributed by atoms with Crippen LogP contribution in [0.3, 0.4) is 0 Å². The van der Waals surface area contributed by atoms with Crippen LogP contribution in [0.4, 0.5) is 4.79 Å². The average molecular weight is 338 g/mol. The van der Waals surface area contributed by atoms with Crippen LogP contribution >= 0.6 is 0 Å². The third kappa shape index (κ3) is 2.80. The zero-order valence-corrected chi connectivity index (χ0v) is 14.8. The second-order valence-electron chi connectivity index (χ2n) is 7.63. The molecule has 136 valence electrons. The Hall–Kier alpha value is -0.930. The van der Waals surface area contributed by atoms with E-state index in [2.05, 4.69) is 47.1 Å². The van der Waals surface area contributed by atoms with Gasteiger partial charge in [0.2, 0.25) is 0 Å². The summed E-state index contributed by atoms with van der Waals surface area (Å²) in [5.41, 5.74) is 0. The minimum atomic E-state index is -0.0190. The summed E-state index contributed by atoms with van der Waals surface area (Å²) >= 11 is 0. The molecule has 4 rings (SSSR count). The van der Waals surface area contributed by atoms with Crippen LogP contribution in [0.5, 0.6) is 0 Å². The van der Waals surface area contributed by atoms with E-state index in [9.17, 15) is 4.79 Å². The number of nitrogens with zero attached hydrogens (tertiary/aromatic N) is 2. The fourth-order valence-corrected chi connectivity index (χ4v) is 4.62. The molecule has 4 fully saturated rings. The molecule has 4 aliphatic rings. The minimum absolute atomic E-state index is 0.00810. The van der Waals surface area contributed by atoms with Crippen molar-refractivity contribution in [3.63, 3.8) is 0 Å². The zero-order valence-electron chi connectivity index (χ0n) is 14.8. The Bertz CT molecular complexity index is 491. The van der Waals surface area contributed by atoms with Gasteiger partial charge in [-0.1, -0.05) is 0 Å². The first-order chi connectivity index (χ1) is 11.5. The lowest BCUT2D eigenvalue weighted by Gasteiger charge is -2.45. The van der Waals surface area contributed by atoms with Gasteiger partial charge >= 0.3 is 6.03 Å². The molecular weight excluding hydrogens is 308 g/mol. The summed E-state index contributed by atoms with van der Waals surface area (Å²) in [7, 11) is 2.13. The van der Waals surface area contributed by atoms with Crippen molar-refractivity contribution in [3.8, 4) is 0 Å². The third-order valence-electron chi connectivity index (χ3n) is 5.97. The highest BCUT2D eigenvalue weighted by Crippen LogP contribution is 2.29. The number of piperidine rings is 1. The average Bonchev–Trinajstić information content (AvgIpc) is 2.90. The van der Waals surface area contributed by atoms with Crippen LogP contribution in [0.25, 0.3) is 0 Å². The molecule has 4 heterocycles. The lowest BCUT2D eigenvalue weighted by molar-refractivity contribution is -0.0701. The molecular formula is C16H30N6O2. The van der Waals surface area contributed by atoms with Crippen molar-refractivity contribution in [1.82, 2.24) is 31.1 Å². The number of carbonyl (C=O) groups excluding carboxylic acids is 1. The molecule has 4 saturated heterocycles. The number of rotatable bonds is 0. The number of hydrogen-bond acceptors (Lipinski definition) is 6. The maximum atomic E-state index is 12.7. The number of fused-ring (bicyclic) bond motifs is 3. The summed E-state index contributed by atoms with van der Waals surface area (Å²) in [4.78, 5) is 17.0. The van der Waals surface area contributed by atoms with Gasteiger partial charge in [-0.05, 0) is 46.7 Å². The van der Waals surface area contributed by atoms with Gasteiger partial charge in [0, 0.05) is 12.6 Å². The molecule has 0 aromatic rings. The van der Waals surface area contributed by atoms with Crippen molar-refractivity contribution >= 4 is 6.03 Å². The molecule has 0 radical (unpaired) electrons. The van der Waals surface area contributed by atoms with Crippen molar-refractivity contribution in [2.24, 2.45) is 0 Å². The number of carbonyl (C=O) groups is 1. The first-order valence-electron chi connectivity index (χ1n) is 9.23. The predicted octanol–water partition coefficient (Wildman–Crippen LogP) is -0.610. The van der Waals surface area contributed by atoms with Gasteiger partial charge in [-0.2, -0.15) is 0 Å². The van der Waals surface area contributed by atoms with Gasteiger partial charge in [-0.3, -0.25) is 20.9 Å². The summed E-state index contributed by atoms with van der Waals surface area (Å²) < 4.78 is 6.43. The Balaban J connectivity index is 1.67. The van der Waals surface area contributed by atoms with Gasteiger partial charge in [0.15, 0.2) is 0 Å². The fraction of sp³-hybridized carbons (Fsp3) is 0.938. The molecule has 5 unspecified atom stereocenters. The Morgan fingerprint density at radius 1 is 1.17 bits per heavy atom. The zero-order chi connectivity index (χ0) is 16.8. The first-order valence-corrected chi connectivity index (χ1v) is 9.23. The summed E-state index contributed by atoms with van der Waals surface area (Å²) in [6, 6.07) is 0.445. The molecule has 2 bridgehead atoms. The van der Waals surface area contributed by atoms with Crippen LogP contribution < -0.4 is 21.3 Å². The van der Waals surface area contributed by atoms with E-state index >= 15 is 0 Å². The molecule has 0 aromatic heterocycles. The molecule has 2 amide bonds. The molecule has 8 nitrogen and oxygen atoms in total. The Morgan fingerprint density at radius 3 is 2.79 bits per heavy atom. The normalized spacial score (nSPS) is 46.9. The summed E-state index contributed by atoms with van der Waals surface area (Å²) in [5.74, 6) is 0. The van der Waals surface area contributed by atoms with E-state index in [0.717, 1.165) is 32.4 Å². The van der Waals surface area contributed by atoms with Gasteiger partial charge in [0.1, 0.15) is 12.5 Å². The standard InChI is InChI=1S/C16H30N6O2/c1-9-8-10(2)24-11-4-6-17-14-13(11)22(16(23)20-14)12-5-7-18-15(19-12)21(9)3/h9-15,17-19H,4-8H2,1-3H3,(H,20,23)/t9-,10-,11?,12?,13?,14?,15?/m0/s1. The van der Waals surface area contributed by atoms with Crippen molar-refractivity contribution in [2.75, 3.05) is 20.1 Å². The van der Waals surface area contributed by atoms with E-state index in [-0.39, 0.29) is 42.9 Å². The van der Waals surface area contributed by atoms with E-state index in [1.165, 1.54) is 0 Å². The molecule has 0 aromatic carbocycles.